The standard InChI is InChI=1S/C36H30N4O16/c41-25(42)4-14-3-17-5-15-1-2-16(37-15)6-24-18(7-26(43)44)21(10-29(49)50)36(40(24)13-32(55)56)23(12-31(53)54)35-20(9-28(47)48)19(8-27(45)46)34(39-35)22(11-30(51)52)33(14)38-17/h1-3,5-6,38H,4,7-13H2,(H,41,42)(H,43,44)(H,45,46)(H,47,48)(H,49,50)(H,51,52)(H,53,54)(H,55,56). The molecule has 0 aromatic carbocycles. The maximum atomic E-state index is 12.6. The molecule has 2 aliphatic heterocycles. The number of hydrogen-bond donors (Lipinski definition) is 9. The van der Waals surface area contributed by atoms with Gasteiger partial charge in [0.2, 0.25) is 0 Å². The minimum absolute atomic E-state index is 0.00961. The molecule has 5 rings (SSSR count). The number of aliphatic carboxylic acids is 8. The number of carboxylic acid groups (broad SMARTS) is 8. The third-order valence-electron chi connectivity index (χ3n) is 8.63. The summed E-state index contributed by atoms with van der Waals surface area (Å²) >= 11 is 0. The van der Waals surface area contributed by atoms with Crippen molar-refractivity contribution in [3.8, 4) is 0 Å². The Labute approximate surface area is 312 Å². The van der Waals surface area contributed by atoms with Crippen LogP contribution in [0.15, 0.2) is 18.2 Å². The number of carboxylic acids is 8. The Morgan fingerprint density at radius 2 is 0.964 bits per heavy atom. The molecule has 5 heterocycles. The van der Waals surface area contributed by atoms with E-state index in [0.29, 0.717) is 0 Å². The lowest BCUT2D eigenvalue weighted by atomic mass is 9.92. The van der Waals surface area contributed by atoms with Crippen LogP contribution in [0.5, 0.6) is 0 Å². The van der Waals surface area contributed by atoms with Crippen molar-refractivity contribution in [3.05, 3.63) is 68.8 Å². The number of aromatic amines is 1. The lowest BCUT2D eigenvalue weighted by Crippen LogP contribution is -2.13. The third kappa shape index (κ3) is 8.59. The topological polar surface area (TPSA) is 345 Å². The smallest absolute Gasteiger partial charge is 0.323 e. The van der Waals surface area contributed by atoms with Crippen LogP contribution in [0, 0.1) is 0 Å². The summed E-state index contributed by atoms with van der Waals surface area (Å²) in [6, 6.07) is 4.02. The molecule has 0 fully saturated rings. The lowest BCUT2D eigenvalue weighted by molar-refractivity contribution is -0.138. The molecule has 0 unspecified atom stereocenters. The largest absolute Gasteiger partial charge is 0.481 e. The Hall–Kier alpha value is -7.64. The number of fused-ring (bicyclic) bond motifs is 8. The van der Waals surface area contributed by atoms with Gasteiger partial charge in [0.05, 0.1) is 73.2 Å². The fourth-order valence-electron chi connectivity index (χ4n) is 6.86. The van der Waals surface area contributed by atoms with Crippen molar-refractivity contribution in [2.45, 2.75) is 51.5 Å². The number of nitrogens with zero attached hydrogens (tertiary/aromatic N) is 3. The lowest BCUT2D eigenvalue weighted by Gasteiger charge is -2.12. The number of nitrogens with one attached hydrogen (secondary N) is 1. The molecule has 0 saturated heterocycles. The first-order chi connectivity index (χ1) is 26.3. The summed E-state index contributed by atoms with van der Waals surface area (Å²) in [7, 11) is 0. The fourth-order valence-corrected chi connectivity index (χ4v) is 6.86. The van der Waals surface area contributed by atoms with E-state index in [0.717, 1.165) is 4.57 Å². The van der Waals surface area contributed by atoms with Gasteiger partial charge in [0, 0.05) is 27.7 Å². The van der Waals surface area contributed by atoms with Gasteiger partial charge in [-0.25, -0.2) is 9.97 Å². The average Bonchev–Trinajstić information content (AvgIpc) is 3.80. The molecule has 3 aromatic heterocycles. The fraction of sp³-hybridized carbons (Fsp3) is 0.222. The van der Waals surface area contributed by atoms with Crippen molar-refractivity contribution in [2.75, 3.05) is 0 Å². The van der Waals surface area contributed by atoms with E-state index in [2.05, 4.69) is 15.0 Å². The van der Waals surface area contributed by atoms with Crippen molar-refractivity contribution < 1.29 is 79.2 Å². The van der Waals surface area contributed by atoms with Crippen LogP contribution >= 0.6 is 0 Å². The average molecular weight is 775 g/mol. The quantitative estimate of drug-likeness (QED) is 0.0786. The van der Waals surface area contributed by atoms with E-state index in [-0.39, 0.29) is 50.2 Å². The van der Waals surface area contributed by atoms with Gasteiger partial charge in [-0.05, 0) is 58.2 Å². The zero-order chi connectivity index (χ0) is 41.2. The zero-order valence-corrected chi connectivity index (χ0v) is 28.7. The minimum atomic E-state index is -1.65. The monoisotopic (exact) mass is 774 g/mol. The Morgan fingerprint density at radius 3 is 1.48 bits per heavy atom. The second kappa shape index (κ2) is 15.8. The second-order valence-electron chi connectivity index (χ2n) is 12.6. The van der Waals surface area contributed by atoms with Crippen LogP contribution in [0.1, 0.15) is 63.4 Å². The molecule has 56 heavy (non-hydrogen) atoms. The van der Waals surface area contributed by atoms with Crippen molar-refractivity contribution >= 4 is 93.1 Å². The summed E-state index contributed by atoms with van der Waals surface area (Å²) in [6.45, 7) is -1.04. The van der Waals surface area contributed by atoms with Gasteiger partial charge in [0.1, 0.15) is 6.54 Å². The molecule has 0 saturated carbocycles. The highest BCUT2D eigenvalue weighted by atomic mass is 16.4. The summed E-state index contributed by atoms with van der Waals surface area (Å²) in [4.78, 5) is 111. The molecule has 8 bridgehead atoms. The summed E-state index contributed by atoms with van der Waals surface area (Å²) in [5, 5.41) is 80.4. The van der Waals surface area contributed by atoms with E-state index in [9.17, 15) is 79.2 Å². The van der Waals surface area contributed by atoms with Crippen LogP contribution in [-0.2, 0) is 77.0 Å². The van der Waals surface area contributed by atoms with Crippen molar-refractivity contribution in [1.29, 1.82) is 0 Å². The highest BCUT2D eigenvalue weighted by molar-refractivity contribution is 6.06. The second-order valence-corrected chi connectivity index (χ2v) is 12.6. The first-order valence-electron chi connectivity index (χ1n) is 16.3. The summed E-state index contributed by atoms with van der Waals surface area (Å²) in [6.07, 6.45) is -3.99. The van der Waals surface area contributed by atoms with Gasteiger partial charge in [0.15, 0.2) is 0 Å². The van der Waals surface area contributed by atoms with E-state index in [1.165, 1.54) is 30.4 Å². The molecule has 290 valence electrons. The number of hydrogen-bond acceptors (Lipinski definition) is 10. The SMILES string of the molecule is O=C(O)CC1=C(CC(=O)O)c2nc1c(CC(=O)O)c1[nH]c(cc3nc(cc4c(CC(=O)O)c(CC(=O)O)c(c2CC(=O)O)n4CC(=O)O)C=C3)cc1CC(=O)O. The van der Waals surface area contributed by atoms with Gasteiger partial charge in [-0.2, -0.15) is 0 Å². The number of rotatable bonds is 16. The summed E-state index contributed by atoms with van der Waals surface area (Å²) < 4.78 is 0.931. The van der Waals surface area contributed by atoms with Crippen LogP contribution in [-0.4, -0.2) is 108 Å². The molecule has 3 aromatic rings. The zero-order valence-electron chi connectivity index (χ0n) is 28.7. The van der Waals surface area contributed by atoms with Gasteiger partial charge < -0.3 is 50.4 Å². The molecule has 20 nitrogen and oxygen atoms in total. The highest BCUT2D eigenvalue weighted by Gasteiger charge is 2.33. The predicted octanol–water partition coefficient (Wildman–Crippen LogP) is 2.04. The number of aromatic nitrogens is 4. The maximum absolute atomic E-state index is 12.6. The van der Waals surface area contributed by atoms with Gasteiger partial charge in [-0.15, -0.1) is 0 Å². The van der Waals surface area contributed by atoms with Crippen LogP contribution in [0.25, 0.3) is 45.4 Å². The third-order valence-corrected chi connectivity index (χ3v) is 8.63. The summed E-state index contributed by atoms with van der Waals surface area (Å²) in [5.41, 5.74) is -3.95. The maximum Gasteiger partial charge on any atom is 0.323 e. The number of H-pyrrole nitrogens is 1. The molecular weight excluding hydrogens is 744 g/mol. The molecule has 9 N–H and O–H groups in total. The minimum Gasteiger partial charge on any atom is -0.481 e. The molecular formula is C36H30N4O16. The van der Waals surface area contributed by atoms with E-state index in [4.69, 9.17) is 0 Å². The molecule has 0 radical (unpaired) electrons. The van der Waals surface area contributed by atoms with Crippen LogP contribution in [0.4, 0.5) is 0 Å². The van der Waals surface area contributed by atoms with E-state index in [1.54, 1.807) is 0 Å². The van der Waals surface area contributed by atoms with E-state index in [1.807, 2.05) is 0 Å². The van der Waals surface area contributed by atoms with E-state index < -0.39 is 133 Å². The van der Waals surface area contributed by atoms with Gasteiger partial charge >= 0.3 is 47.8 Å². The Kier molecular flexibility index (Phi) is 11.1. The first kappa shape index (κ1) is 39.6. The van der Waals surface area contributed by atoms with Crippen molar-refractivity contribution in [2.24, 2.45) is 0 Å². The Morgan fingerprint density at radius 1 is 0.500 bits per heavy atom. The number of carbonyl (C=O) groups is 8. The summed E-state index contributed by atoms with van der Waals surface area (Å²) in [5.74, 6) is -12.4. The van der Waals surface area contributed by atoms with Gasteiger partial charge in [-0.3, -0.25) is 38.4 Å². The van der Waals surface area contributed by atoms with Crippen molar-refractivity contribution in [1.82, 2.24) is 19.5 Å². The van der Waals surface area contributed by atoms with Gasteiger partial charge in [0.25, 0.3) is 0 Å². The normalized spacial score (nSPS) is 12.1. The molecule has 0 spiro atoms. The van der Waals surface area contributed by atoms with Crippen LogP contribution in [0.3, 0.4) is 0 Å². The van der Waals surface area contributed by atoms with Gasteiger partial charge in [-0.1, -0.05) is 0 Å². The molecule has 20 heteroatoms. The van der Waals surface area contributed by atoms with Crippen LogP contribution < -0.4 is 0 Å². The highest BCUT2D eigenvalue weighted by Crippen LogP contribution is 2.41. The predicted molar refractivity (Wildman–Crippen MR) is 189 cm³/mol. The molecule has 2 aliphatic rings. The Balaban J connectivity index is 2.27. The van der Waals surface area contributed by atoms with Crippen LogP contribution in [0.2, 0.25) is 0 Å². The molecule has 0 atom stereocenters. The van der Waals surface area contributed by atoms with Crippen molar-refractivity contribution in [3.63, 3.8) is 0 Å². The van der Waals surface area contributed by atoms with E-state index >= 15 is 0 Å². The molecule has 0 aliphatic carbocycles. The first-order valence-corrected chi connectivity index (χ1v) is 16.3. The Bertz CT molecular complexity index is 2520. The molecule has 0 amide bonds.